The van der Waals surface area contributed by atoms with E-state index < -0.39 is 0 Å². The maximum atomic E-state index is 4.26. The van der Waals surface area contributed by atoms with E-state index in [1.54, 1.807) is 24.7 Å². The van der Waals surface area contributed by atoms with Crippen LogP contribution in [-0.4, -0.2) is 26.7 Å². The van der Waals surface area contributed by atoms with Crippen LogP contribution in [0.1, 0.15) is 5.56 Å². The second-order valence-electron chi connectivity index (χ2n) is 3.55. The molecule has 0 unspecified atom stereocenters. The number of pyridine rings is 1. The van der Waals surface area contributed by atoms with Crippen molar-refractivity contribution in [2.24, 2.45) is 0 Å². The fourth-order valence-corrected chi connectivity index (χ4v) is 1.32. The summed E-state index contributed by atoms with van der Waals surface area (Å²) in [6.45, 7) is 4.86. The van der Waals surface area contributed by atoms with Crippen LogP contribution in [0.25, 0.3) is 0 Å². The summed E-state index contributed by atoms with van der Waals surface area (Å²) in [7, 11) is 0. The molecule has 0 radical (unpaired) electrons. The molecule has 0 bridgehead atoms. The van der Waals surface area contributed by atoms with Gasteiger partial charge in [0.1, 0.15) is 0 Å². The summed E-state index contributed by atoms with van der Waals surface area (Å²) in [6, 6.07) is 3.89. The summed E-state index contributed by atoms with van der Waals surface area (Å²) in [5.41, 5.74) is 1.08. The quantitative estimate of drug-likeness (QED) is 0.747. The molecule has 0 aromatic carbocycles. The van der Waals surface area contributed by atoms with E-state index in [1.165, 1.54) is 0 Å². The van der Waals surface area contributed by atoms with Gasteiger partial charge in [-0.15, -0.1) is 11.7 Å². The van der Waals surface area contributed by atoms with Gasteiger partial charge in [0.25, 0.3) is 0 Å². The van der Waals surface area contributed by atoms with Crippen LogP contribution in [0.4, 0.5) is 11.8 Å². The molecule has 2 aromatic heterocycles. The Labute approximate surface area is 105 Å². The zero-order chi connectivity index (χ0) is 12.6. The number of nitrogens with zero attached hydrogens (tertiary/aromatic N) is 4. The van der Waals surface area contributed by atoms with E-state index in [-0.39, 0.29) is 0 Å². The number of hydrogen-bond donors (Lipinski definition) is 2. The first-order valence-corrected chi connectivity index (χ1v) is 5.56. The monoisotopic (exact) mass is 242 g/mol. The molecule has 2 aromatic rings. The third-order valence-corrected chi connectivity index (χ3v) is 2.16. The molecular formula is C12H14N6. The summed E-state index contributed by atoms with van der Waals surface area (Å²) < 4.78 is 0. The van der Waals surface area contributed by atoms with Gasteiger partial charge in [-0.1, -0.05) is 12.1 Å². The van der Waals surface area contributed by atoms with Gasteiger partial charge >= 0.3 is 0 Å². The average molecular weight is 242 g/mol. The average Bonchev–Trinajstić information content (AvgIpc) is 2.44. The van der Waals surface area contributed by atoms with Crippen LogP contribution in [-0.2, 0) is 6.54 Å². The Kier molecular flexibility index (Phi) is 4.18. The molecule has 0 atom stereocenters. The van der Waals surface area contributed by atoms with Gasteiger partial charge in [0.15, 0.2) is 5.82 Å². The van der Waals surface area contributed by atoms with Gasteiger partial charge in [-0.2, -0.15) is 10.1 Å². The standard InChI is InChI=1S/C12H14N6/c1-2-5-14-12-17-11(9-16-18-12)15-8-10-4-3-6-13-7-10/h2-4,6-7,9H,1,5,8H2,(H2,14,15,17,18). The summed E-state index contributed by atoms with van der Waals surface area (Å²) >= 11 is 0. The Bertz CT molecular complexity index is 499. The molecule has 92 valence electrons. The van der Waals surface area contributed by atoms with E-state index in [9.17, 15) is 0 Å². The fraction of sp³-hybridized carbons (Fsp3) is 0.167. The third-order valence-electron chi connectivity index (χ3n) is 2.16. The molecule has 18 heavy (non-hydrogen) atoms. The molecule has 0 aliphatic heterocycles. The summed E-state index contributed by atoms with van der Waals surface area (Å²) in [5.74, 6) is 1.14. The van der Waals surface area contributed by atoms with Crippen LogP contribution in [0.15, 0.2) is 43.4 Å². The maximum Gasteiger partial charge on any atom is 0.244 e. The van der Waals surface area contributed by atoms with E-state index in [1.807, 2.05) is 12.1 Å². The molecule has 0 saturated heterocycles. The molecule has 2 rings (SSSR count). The Morgan fingerprint density at radius 3 is 3.00 bits per heavy atom. The van der Waals surface area contributed by atoms with Gasteiger partial charge in [0, 0.05) is 25.5 Å². The van der Waals surface area contributed by atoms with Crippen molar-refractivity contribution < 1.29 is 0 Å². The first-order valence-electron chi connectivity index (χ1n) is 5.56. The minimum Gasteiger partial charge on any atom is -0.364 e. The van der Waals surface area contributed by atoms with Crippen molar-refractivity contribution in [2.45, 2.75) is 6.54 Å². The Morgan fingerprint density at radius 1 is 1.28 bits per heavy atom. The lowest BCUT2D eigenvalue weighted by molar-refractivity contribution is 0.952. The number of nitrogens with one attached hydrogen (secondary N) is 2. The number of anilines is 2. The van der Waals surface area contributed by atoms with Gasteiger partial charge in [0.2, 0.25) is 5.95 Å². The molecule has 0 fully saturated rings. The molecule has 0 aliphatic rings. The van der Waals surface area contributed by atoms with Crippen molar-refractivity contribution in [3.05, 3.63) is 48.9 Å². The minimum atomic E-state index is 0.478. The molecule has 2 heterocycles. The van der Waals surface area contributed by atoms with E-state index in [0.29, 0.717) is 24.9 Å². The highest BCUT2D eigenvalue weighted by Crippen LogP contribution is 2.05. The first kappa shape index (κ1) is 12.0. The number of aromatic nitrogens is 4. The van der Waals surface area contributed by atoms with Crippen molar-refractivity contribution in [3.8, 4) is 0 Å². The van der Waals surface area contributed by atoms with Crippen LogP contribution >= 0.6 is 0 Å². The predicted octanol–water partition coefficient (Wildman–Crippen LogP) is 1.48. The molecule has 0 saturated carbocycles. The summed E-state index contributed by atoms with van der Waals surface area (Å²) in [5, 5.41) is 13.9. The molecule has 0 amide bonds. The Morgan fingerprint density at radius 2 is 2.22 bits per heavy atom. The van der Waals surface area contributed by atoms with E-state index >= 15 is 0 Å². The molecule has 0 spiro atoms. The van der Waals surface area contributed by atoms with Crippen molar-refractivity contribution in [1.82, 2.24) is 20.2 Å². The van der Waals surface area contributed by atoms with Crippen LogP contribution < -0.4 is 10.6 Å². The Hall–Kier alpha value is -2.50. The smallest absolute Gasteiger partial charge is 0.244 e. The van der Waals surface area contributed by atoms with Gasteiger partial charge in [-0.3, -0.25) is 4.98 Å². The highest BCUT2D eigenvalue weighted by Gasteiger charge is 1.99. The third kappa shape index (κ3) is 3.51. The number of hydrogen-bond acceptors (Lipinski definition) is 6. The van der Waals surface area contributed by atoms with Crippen molar-refractivity contribution >= 4 is 11.8 Å². The lowest BCUT2D eigenvalue weighted by Gasteiger charge is -2.06. The van der Waals surface area contributed by atoms with E-state index in [0.717, 1.165) is 5.56 Å². The van der Waals surface area contributed by atoms with Crippen molar-refractivity contribution in [1.29, 1.82) is 0 Å². The van der Waals surface area contributed by atoms with Gasteiger partial charge in [0.05, 0.1) is 6.20 Å². The van der Waals surface area contributed by atoms with Gasteiger partial charge < -0.3 is 10.6 Å². The molecule has 2 N–H and O–H groups in total. The molecule has 6 heteroatoms. The van der Waals surface area contributed by atoms with E-state index in [4.69, 9.17) is 0 Å². The van der Waals surface area contributed by atoms with E-state index in [2.05, 4.69) is 37.4 Å². The normalized spacial score (nSPS) is 9.78. The van der Waals surface area contributed by atoms with Crippen molar-refractivity contribution in [2.75, 3.05) is 17.2 Å². The fourth-order valence-electron chi connectivity index (χ4n) is 1.32. The number of rotatable bonds is 6. The maximum absolute atomic E-state index is 4.26. The first-order chi connectivity index (χ1) is 8.88. The summed E-state index contributed by atoms with van der Waals surface area (Å²) in [6.07, 6.45) is 6.86. The highest BCUT2D eigenvalue weighted by molar-refractivity contribution is 5.37. The molecular weight excluding hydrogens is 228 g/mol. The van der Waals surface area contributed by atoms with Crippen molar-refractivity contribution in [3.63, 3.8) is 0 Å². The zero-order valence-corrected chi connectivity index (χ0v) is 9.87. The Balaban J connectivity index is 1.95. The topological polar surface area (TPSA) is 75.6 Å². The minimum absolute atomic E-state index is 0.478. The SMILES string of the molecule is C=CCNc1nncc(NCc2cccnc2)n1. The lowest BCUT2D eigenvalue weighted by atomic mass is 10.3. The van der Waals surface area contributed by atoms with Crippen LogP contribution in [0, 0.1) is 0 Å². The zero-order valence-electron chi connectivity index (χ0n) is 9.87. The van der Waals surface area contributed by atoms with Gasteiger partial charge in [-0.25, -0.2) is 0 Å². The van der Waals surface area contributed by atoms with Crippen LogP contribution in [0.3, 0.4) is 0 Å². The summed E-state index contributed by atoms with van der Waals surface area (Å²) in [4.78, 5) is 8.30. The van der Waals surface area contributed by atoms with Crippen LogP contribution in [0.5, 0.6) is 0 Å². The largest absolute Gasteiger partial charge is 0.364 e. The predicted molar refractivity (Wildman–Crippen MR) is 70.1 cm³/mol. The lowest BCUT2D eigenvalue weighted by Crippen LogP contribution is -2.08. The second kappa shape index (κ2) is 6.29. The van der Waals surface area contributed by atoms with Gasteiger partial charge in [-0.05, 0) is 11.6 Å². The van der Waals surface area contributed by atoms with Crippen LogP contribution in [0.2, 0.25) is 0 Å². The second-order valence-corrected chi connectivity index (χ2v) is 3.55. The molecule has 6 nitrogen and oxygen atoms in total. The highest BCUT2D eigenvalue weighted by atomic mass is 15.3. The molecule has 0 aliphatic carbocycles.